The van der Waals surface area contributed by atoms with Crippen molar-refractivity contribution in [2.75, 3.05) is 0 Å². The molecule has 0 spiro atoms. The van der Waals surface area contributed by atoms with Crippen LogP contribution in [0.4, 0.5) is 0 Å². The maximum absolute atomic E-state index is 7.40. The average molecular weight is 282 g/mol. The fraction of sp³-hybridized carbons (Fsp3) is 0.278. The molecule has 2 aromatic carbocycles. The van der Waals surface area contributed by atoms with E-state index in [0.717, 1.165) is 11.5 Å². The Kier molecular flexibility index (Phi) is 4.03. The molecule has 3 N–H and O–H groups in total. The first-order valence-electron chi connectivity index (χ1n) is 7.01. The second kappa shape index (κ2) is 5.60. The standard InChI is InChI=1S/C18H22N2O/c1-12-5-10-16(15(11-12)18(2,3)4)21-14-8-6-13(7-9-14)17(19)20/h5-11H,1-4H3,(H3,19,20). The summed E-state index contributed by atoms with van der Waals surface area (Å²) in [6.07, 6.45) is 0. The number of benzene rings is 2. The van der Waals surface area contributed by atoms with Gasteiger partial charge in [0.1, 0.15) is 17.3 Å². The van der Waals surface area contributed by atoms with Crippen LogP contribution >= 0.6 is 0 Å². The lowest BCUT2D eigenvalue weighted by Gasteiger charge is -2.23. The van der Waals surface area contributed by atoms with Gasteiger partial charge >= 0.3 is 0 Å². The quantitative estimate of drug-likeness (QED) is 0.648. The average Bonchev–Trinajstić information content (AvgIpc) is 2.40. The van der Waals surface area contributed by atoms with Crippen molar-refractivity contribution in [2.24, 2.45) is 5.73 Å². The van der Waals surface area contributed by atoms with E-state index in [2.05, 4.69) is 39.8 Å². The van der Waals surface area contributed by atoms with Crippen LogP contribution in [0.25, 0.3) is 0 Å². The molecule has 0 bridgehead atoms. The highest BCUT2D eigenvalue weighted by molar-refractivity contribution is 5.94. The Morgan fingerprint density at radius 1 is 1.05 bits per heavy atom. The summed E-state index contributed by atoms with van der Waals surface area (Å²) < 4.78 is 6.01. The summed E-state index contributed by atoms with van der Waals surface area (Å²) in [6, 6.07) is 13.5. The summed E-state index contributed by atoms with van der Waals surface area (Å²) in [5.41, 5.74) is 8.57. The molecule has 0 aliphatic rings. The summed E-state index contributed by atoms with van der Waals surface area (Å²) in [7, 11) is 0. The van der Waals surface area contributed by atoms with Crippen LogP contribution in [0.2, 0.25) is 0 Å². The van der Waals surface area contributed by atoms with Crippen LogP contribution in [-0.2, 0) is 5.41 Å². The minimum atomic E-state index is 0.0146. The first-order chi connectivity index (χ1) is 9.77. The number of nitrogens with two attached hydrogens (primary N) is 1. The SMILES string of the molecule is Cc1ccc(Oc2ccc(C(=N)N)cc2)c(C(C)(C)C)c1. The molecule has 3 nitrogen and oxygen atoms in total. The number of hydrogen-bond acceptors (Lipinski definition) is 2. The Morgan fingerprint density at radius 3 is 2.19 bits per heavy atom. The fourth-order valence-corrected chi connectivity index (χ4v) is 2.15. The van der Waals surface area contributed by atoms with E-state index < -0.39 is 0 Å². The smallest absolute Gasteiger partial charge is 0.131 e. The monoisotopic (exact) mass is 282 g/mol. The van der Waals surface area contributed by atoms with Crippen LogP contribution in [0.15, 0.2) is 42.5 Å². The highest BCUT2D eigenvalue weighted by Crippen LogP contribution is 2.34. The predicted octanol–water partition coefficient (Wildman–Crippen LogP) is 4.37. The number of hydrogen-bond donors (Lipinski definition) is 2. The van der Waals surface area contributed by atoms with Crippen molar-refractivity contribution in [1.29, 1.82) is 5.41 Å². The van der Waals surface area contributed by atoms with E-state index in [0.29, 0.717) is 5.56 Å². The third kappa shape index (κ3) is 3.63. The van der Waals surface area contributed by atoms with Crippen LogP contribution in [0.5, 0.6) is 11.5 Å². The summed E-state index contributed by atoms with van der Waals surface area (Å²) in [5, 5.41) is 7.40. The highest BCUT2D eigenvalue weighted by Gasteiger charge is 2.19. The maximum atomic E-state index is 7.40. The Morgan fingerprint density at radius 2 is 1.67 bits per heavy atom. The second-order valence-corrected chi connectivity index (χ2v) is 6.29. The van der Waals surface area contributed by atoms with Crippen molar-refractivity contribution in [1.82, 2.24) is 0 Å². The van der Waals surface area contributed by atoms with Crippen molar-refractivity contribution >= 4 is 5.84 Å². The molecule has 0 saturated carbocycles. The number of rotatable bonds is 3. The zero-order chi connectivity index (χ0) is 15.6. The lowest BCUT2D eigenvalue weighted by atomic mass is 9.85. The molecule has 0 fully saturated rings. The van der Waals surface area contributed by atoms with E-state index in [1.807, 2.05) is 18.2 Å². The lowest BCUT2D eigenvalue weighted by molar-refractivity contribution is 0.455. The molecule has 0 unspecified atom stereocenters. The van der Waals surface area contributed by atoms with Crippen LogP contribution in [-0.4, -0.2) is 5.84 Å². The lowest BCUT2D eigenvalue weighted by Crippen LogP contribution is -2.13. The number of nitrogens with one attached hydrogen (secondary N) is 1. The molecule has 21 heavy (non-hydrogen) atoms. The van der Waals surface area contributed by atoms with E-state index >= 15 is 0 Å². The summed E-state index contributed by atoms with van der Waals surface area (Å²) in [4.78, 5) is 0. The normalized spacial score (nSPS) is 11.2. The molecule has 0 saturated heterocycles. The molecule has 0 aromatic heterocycles. The molecule has 0 aliphatic heterocycles. The minimum Gasteiger partial charge on any atom is -0.457 e. The molecule has 0 heterocycles. The molecule has 0 atom stereocenters. The van der Waals surface area contributed by atoms with Crippen LogP contribution in [0, 0.1) is 12.3 Å². The molecule has 3 heteroatoms. The van der Waals surface area contributed by atoms with Crippen molar-refractivity contribution in [3.63, 3.8) is 0 Å². The third-order valence-corrected chi connectivity index (χ3v) is 3.34. The Balaban J connectivity index is 2.33. The van der Waals surface area contributed by atoms with Gasteiger partial charge in [-0.05, 0) is 42.7 Å². The second-order valence-electron chi connectivity index (χ2n) is 6.29. The Labute approximate surface area is 126 Å². The van der Waals surface area contributed by atoms with Crippen LogP contribution < -0.4 is 10.5 Å². The number of amidine groups is 1. The van der Waals surface area contributed by atoms with Gasteiger partial charge in [0.25, 0.3) is 0 Å². The van der Waals surface area contributed by atoms with E-state index in [9.17, 15) is 0 Å². The number of ether oxygens (including phenoxy) is 1. The van der Waals surface area contributed by atoms with Crippen molar-refractivity contribution < 1.29 is 4.74 Å². The zero-order valence-electron chi connectivity index (χ0n) is 13.0. The van der Waals surface area contributed by atoms with Gasteiger partial charge in [0.05, 0.1) is 0 Å². The topological polar surface area (TPSA) is 59.1 Å². The van der Waals surface area contributed by atoms with Crippen molar-refractivity contribution in [3.8, 4) is 11.5 Å². The van der Waals surface area contributed by atoms with Gasteiger partial charge in [-0.3, -0.25) is 5.41 Å². The molecular weight excluding hydrogens is 260 g/mol. The molecule has 0 aliphatic carbocycles. The zero-order valence-corrected chi connectivity index (χ0v) is 13.0. The molecule has 110 valence electrons. The van der Waals surface area contributed by atoms with Gasteiger partial charge in [0, 0.05) is 11.1 Å². The van der Waals surface area contributed by atoms with E-state index in [-0.39, 0.29) is 11.3 Å². The molecule has 2 rings (SSSR count). The molecule has 0 radical (unpaired) electrons. The number of aryl methyl sites for hydroxylation is 1. The van der Waals surface area contributed by atoms with E-state index in [4.69, 9.17) is 15.9 Å². The van der Waals surface area contributed by atoms with Gasteiger partial charge < -0.3 is 10.5 Å². The summed E-state index contributed by atoms with van der Waals surface area (Å²) in [6.45, 7) is 8.61. The van der Waals surface area contributed by atoms with Gasteiger partial charge in [0.2, 0.25) is 0 Å². The van der Waals surface area contributed by atoms with Crippen molar-refractivity contribution in [2.45, 2.75) is 33.1 Å². The van der Waals surface area contributed by atoms with E-state index in [1.165, 1.54) is 11.1 Å². The maximum Gasteiger partial charge on any atom is 0.131 e. The van der Waals surface area contributed by atoms with Crippen LogP contribution in [0.1, 0.15) is 37.5 Å². The summed E-state index contributed by atoms with van der Waals surface area (Å²) in [5.74, 6) is 1.67. The number of nitrogen functional groups attached to an aromatic ring is 1. The largest absolute Gasteiger partial charge is 0.457 e. The van der Waals surface area contributed by atoms with Gasteiger partial charge in [0.15, 0.2) is 0 Å². The highest BCUT2D eigenvalue weighted by atomic mass is 16.5. The molecule has 0 amide bonds. The predicted molar refractivity (Wildman–Crippen MR) is 87.4 cm³/mol. The van der Waals surface area contributed by atoms with E-state index in [1.54, 1.807) is 12.1 Å². The fourth-order valence-electron chi connectivity index (χ4n) is 2.15. The van der Waals surface area contributed by atoms with Gasteiger partial charge in [-0.25, -0.2) is 0 Å². The van der Waals surface area contributed by atoms with Gasteiger partial charge in [-0.2, -0.15) is 0 Å². The third-order valence-electron chi connectivity index (χ3n) is 3.34. The first kappa shape index (κ1) is 15.1. The molecule has 2 aromatic rings. The minimum absolute atomic E-state index is 0.0146. The van der Waals surface area contributed by atoms with Crippen LogP contribution in [0.3, 0.4) is 0 Å². The van der Waals surface area contributed by atoms with Gasteiger partial charge in [-0.15, -0.1) is 0 Å². The Hall–Kier alpha value is -2.29. The molecular formula is C18H22N2O. The Bertz CT molecular complexity index is 652. The first-order valence-corrected chi connectivity index (χ1v) is 7.01. The summed E-state index contributed by atoms with van der Waals surface area (Å²) >= 11 is 0. The van der Waals surface area contributed by atoms with Gasteiger partial charge in [-0.1, -0.05) is 38.5 Å². The van der Waals surface area contributed by atoms with Crippen molar-refractivity contribution in [3.05, 3.63) is 59.2 Å².